The Bertz CT molecular complexity index is 7630. The summed E-state index contributed by atoms with van der Waals surface area (Å²) in [4.78, 5) is 4.90. The second-order valence-corrected chi connectivity index (χ2v) is 33.2. The monoisotopic (exact) mass is 1540 g/mol. The van der Waals surface area contributed by atoms with Crippen LogP contribution in [-0.2, 0) is 16.2 Å². The Balaban J connectivity index is 0.598. The van der Waals surface area contributed by atoms with Gasteiger partial charge in [0.25, 0.3) is 0 Å². The standard InChI is InChI=1S/C117H78N2O2/c1-115(2)105-45-21-17-37-94(105)97-65-62-88(72-108(97)115)119(90-64-67-99-96-39-19-23-47-107(96)117(110(99)74-90,83-32-11-5-12-33-83)84-34-13-6-14-35-84)87-60-53-77(54-61-87)93-42-26-44-102-104-70-79(55-68-112(104)121-114(93)102)103-71-80(69-78-27-15-16-36-91(78)103)75-49-56-85(57-50-75)118(86-58-51-76(52-59-86)92-41-25-43-101-100-40-20-24-48-111(100)120-113(92)101)89-63-66-98-95-38-18-22-46-106(95)116(109(98)73-89,81-28-7-3-8-29-81)82-30-9-4-10-31-82/h3-74H,1-2H3. The van der Waals surface area contributed by atoms with Crippen LogP contribution in [0.3, 0.4) is 0 Å². The molecule has 0 radical (unpaired) electrons. The van der Waals surface area contributed by atoms with E-state index in [2.05, 4.69) is 454 Å². The van der Waals surface area contributed by atoms with Gasteiger partial charge in [0, 0.05) is 72.2 Å². The highest BCUT2D eigenvalue weighted by Crippen LogP contribution is 2.61. The van der Waals surface area contributed by atoms with Crippen molar-refractivity contribution in [2.24, 2.45) is 0 Å². The van der Waals surface area contributed by atoms with Crippen LogP contribution in [0.2, 0.25) is 0 Å². The number of hydrogen-bond acceptors (Lipinski definition) is 4. The molecule has 0 saturated heterocycles. The molecule has 0 N–H and O–H groups in total. The van der Waals surface area contributed by atoms with E-state index in [0.29, 0.717) is 0 Å². The number of hydrogen-bond donors (Lipinski definition) is 0. The first-order valence-electron chi connectivity index (χ1n) is 42.0. The topological polar surface area (TPSA) is 32.8 Å². The summed E-state index contributed by atoms with van der Waals surface area (Å²) in [7, 11) is 0. The van der Waals surface area contributed by atoms with Gasteiger partial charge in [-0.25, -0.2) is 0 Å². The molecule has 3 aliphatic carbocycles. The van der Waals surface area contributed by atoms with Gasteiger partial charge in [-0.2, -0.15) is 0 Å². The van der Waals surface area contributed by atoms with Crippen LogP contribution in [0.1, 0.15) is 69.5 Å². The molecule has 0 unspecified atom stereocenters. The van der Waals surface area contributed by atoms with Gasteiger partial charge >= 0.3 is 0 Å². The van der Waals surface area contributed by atoms with E-state index in [1.54, 1.807) is 0 Å². The van der Waals surface area contributed by atoms with E-state index < -0.39 is 10.8 Å². The third-order valence-electron chi connectivity index (χ3n) is 26.6. The van der Waals surface area contributed by atoms with Crippen molar-refractivity contribution in [1.29, 1.82) is 0 Å². The summed E-state index contributed by atoms with van der Waals surface area (Å²) in [5.41, 5.74) is 37.5. The lowest BCUT2D eigenvalue weighted by atomic mass is 9.67. The van der Waals surface area contributed by atoms with E-state index in [-0.39, 0.29) is 5.41 Å². The molecule has 2 aromatic heterocycles. The predicted molar refractivity (Wildman–Crippen MR) is 502 cm³/mol. The summed E-state index contributed by atoms with van der Waals surface area (Å²) in [6.45, 7) is 4.75. The molecule has 0 atom stereocenters. The molecule has 0 saturated carbocycles. The Hall–Kier alpha value is -15.4. The van der Waals surface area contributed by atoms with Crippen molar-refractivity contribution in [3.63, 3.8) is 0 Å². The number of furan rings is 2. The zero-order chi connectivity index (χ0) is 80.1. The van der Waals surface area contributed by atoms with Crippen LogP contribution in [-0.4, -0.2) is 0 Å². The van der Waals surface area contributed by atoms with Crippen molar-refractivity contribution in [2.75, 3.05) is 9.80 Å². The van der Waals surface area contributed by atoms with Crippen LogP contribution in [0.5, 0.6) is 0 Å². The Kier molecular flexibility index (Phi) is 15.8. The van der Waals surface area contributed by atoms with Gasteiger partial charge in [0.2, 0.25) is 0 Å². The van der Waals surface area contributed by atoms with E-state index in [0.717, 1.165) is 123 Å². The molecular formula is C117H78N2O2. The first-order valence-corrected chi connectivity index (χ1v) is 42.0. The Morgan fingerprint density at radius 1 is 0.190 bits per heavy atom. The molecule has 24 rings (SSSR count). The molecule has 4 heteroatoms. The van der Waals surface area contributed by atoms with Crippen molar-refractivity contribution in [2.45, 2.75) is 30.1 Å². The highest BCUT2D eigenvalue weighted by Gasteiger charge is 2.48. The summed E-state index contributed by atoms with van der Waals surface area (Å²) in [6.07, 6.45) is 0. The Labute approximate surface area is 703 Å². The average Bonchev–Trinajstić information content (AvgIpc) is 1.56. The van der Waals surface area contributed by atoms with Gasteiger partial charge < -0.3 is 18.6 Å². The van der Waals surface area contributed by atoms with Crippen LogP contribution in [0, 0.1) is 0 Å². The number of nitrogens with zero attached hydrogens (tertiary/aromatic N) is 2. The summed E-state index contributed by atoms with van der Waals surface area (Å²) in [5.74, 6) is 0. The maximum absolute atomic E-state index is 7.09. The van der Waals surface area contributed by atoms with Crippen LogP contribution >= 0.6 is 0 Å². The fourth-order valence-corrected chi connectivity index (χ4v) is 21.1. The zero-order valence-corrected chi connectivity index (χ0v) is 66.8. The van der Waals surface area contributed by atoms with Crippen molar-refractivity contribution in [3.8, 4) is 77.9 Å². The van der Waals surface area contributed by atoms with Gasteiger partial charge in [-0.1, -0.05) is 347 Å². The molecule has 121 heavy (non-hydrogen) atoms. The minimum atomic E-state index is -0.584. The maximum Gasteiger partial charge on any atom is 0.143 e. The highest BCUT2D eigenvalue weighted by molar-refractivity contribution is 6.13. The molecule has 3 aliphatic rings. The second kappa shape index (κ2) is 27.4. The SMILES string of the molecule is CC1(C)c2ccccc2-c2ccc(N(c3ccc(-c4cccc5c4oc4ccc(-c6cc(-c7ccc(N(c8ccc(-c9cccc%10c9oc9ccccc9%10)cc8)c8ccc9c(c8)C(c8ccccc8)(c8ccccc8)c8ccccc8-9)cc7)cc7ccccc67)cc45)cc3)c3ccc4c(c3)C(c3ccccc3)(c3ccccc3)c3ccccc3-4)cc21. The van der Waals surface area contributed by atoms with Crippen molar-refractivity contribution in [1.82, 2.24) is 0 Å². The molecule has 0 spiro atoms. The maximum atomic E-state index is 7.09. The molecule has 0 bridgehead atoms. The number of benzene rings is 19. The molecular weight excluding hydrogens is 1470 g/mol. The largest absolute Gasteiger partial charge is 0.455 e. The Morgan fingerprint density at radius 3 is 1.04 bits per heavy atom. The summed E-state index contributed by atoms with van der Waals surface area (Å²) in [6, 6.07) is 162. The van der Waals surface area contributed by atoms with Crippen molar-refractivity contribution >= 4 is 88.8 Å². The van der Waals surface area contributed by atoms with E-state index in [1.165, 1.54) is 99.8 Å². The van der Waals surface area contributed by atoms with E-state index in [1.807, 2.05) is 6.07 Å². The predicted octanol–water partition coefficient (Wildman–Crippen LogP) is 31.3. The van der Waals surface area contributed by atoms with Gasteiger partial charge in [-0.15, -0.1) is 0 Å². The molecule has 4 nitrogen and oxygen atoms in total. The fourth-order valence-electron chi connectivity index (χ4n) is 21.1. The highest BCUT2D eigenvalue weighted by atomic mass is 16.3. The van der Waals surface area contributed by atoms with Crippen LogP contribution in [0.4, 0.5) is 34.1 Å². The summed E-state index contributed by atoms with van der Waals surface area (Å²) in [5, 5.41) is 6.71. The minimum absolute atomic E-state index is 0.204. The average molecular weight is 1540 g/mol. The van der Waals surface area contributed by atoms with Gasteiger partial charge in [0.1, 0.15) is 22.3 Å². The third-order valence-corrected chi connectivity index (χ3v) is 26.6. The number of anilines is 6. The lowest BCUT2D eigenvalue weighted by Gasteiger charge is -2.35. The molecule has 19 aromatic carbocycles. The third kappa shape index (κ3) is 10.7. The second-order valence-electron chi connectivity index (χ2n) is 33.2. The van der Waals surface area contributed by atoms with Gasteiger partial charge in [-0.3, -0.25) is 0 Å². The molecule has 0 amide bonds. The lowest BCUT2D eigenvalue weighted by molar-refractivity contribution is 0.660. The smallest absolute Gasteiger partial charge is 0.143 e. The molecule has 0 aliphatic heterocycles. The minimum Gasteiger partial charge on any atom is -0.455 e. The van der Waals surface area contributed by atoms with E-state index >= 15 is 0 Å². The fraction of sp³-hybridized carbons (Fsp3) is 0.0427. The lowest BCUT2D eigenvalue weighted by Crippen LogP contribution is -2.28. The quantitative estimate of drug-likeness (QED) is 0.109. The zero-order valence-electron chi connectivity index (χ0n) is 66.8. The van der Waals surface area contributed by atoms with Crippen molar-refractivity contribution < 1.29 is 8.83 Å². The van der Waals surface area contributed by atoms with Crippen LogP contribution in [0.15, 0.2) is 446 Å². The van der Waals surface area contributed by atoms with Crippen molar-refractivity contribution in [3.05, 3.63) is 492 Å². The first-order chi connectivity index (χ1) is 59.7. The van der Waals surface area contributed by atoms with E-state index in [4.69, 9.17) is 8.83 Å². The number of rotatable bonds is 14. The van der Waals surface area contributed by atoms with Gasteiger partial charge in [0.05, 0.1) is 10.8 Å². The number of fused-ring (bicyclic) bond motifs is 16. The normalized spacial score (nSPS) is 13.6. The van der Waals surface area contributed by atoms with E-state index in [9.17, 15) is 0 Å². The first kappa shape index (κ1) is 69.9. The molecule has 0 fully saturated rings. The molecule has 2 heterocycles. The number of para-hydroxylation sites is 3. The van der Waals surface area contributed by atoms with Crippen LogP contribution < -0.4 is 9.80 Å². The van der Waals surface area contributed by atoms with Gasteiger partial charge in [-0.05, 0) is 236 Å². The summed E-state index contributed by atoms with van der Waals surface area (Å²) < 4.78 is 13.7. The van der Waals surface area contributed by atoms with Gasteiger partial charge in [0.15, 0.2) is 0 Å². The summed E-state index contributed by atoms with van der Waals surface area (Å²) >= 11 is 0. The Morgan fingerprint density at radius 2 is 0.537 bits per heavy atom. The van der Waals surface area contributed by atoms with Crippen LogP contribution in [0.25, 0.3) is 133 Å². The molecule has 568 valence electrons. The molecule has 21 aromatic rings.